The Balaban J connectivity index is 2.26. The van der Waals surface area contributed by atoms with Crippen molar-refractivity contribution in [2.75, 3.05) is 6.54 Å². The summed E-state index contributed by atoms with van der Waals surface area (Å²) < 4.78 is 13.4. The van der Waals surface area contributed by atoms with Gasteiger partial charge in [0.15, 0.2) is 0 Å². The van der Waals surface area contributed by atoms with E-state index >= 15 is 0 Å². The molecule has 2 N–H and O–H groups in total. The average molecular weight is 221 g/mol. The van der Waals surface area contributed by atoms with Crippen molar-refractivity contribution in [3.05, 3.63) is 35.1 Å². The van der Waals surface area contributed by atoms with Crippen LogP contribution >= 0.6 is 0 Å². The van der Waals surface area contributed by atoms with E-state index in [4.69, 9.17) is 5.73 Å². The molecule has 2 rings (SSSR count). The summed E-state index contributed by atoms with van der Waals surface area (Å²) in [6.07, 6.45) is 4.87. The molecule has 1 aromatic carbocycles. The number of aryl methyl sites for hydroxylation is 1. The first-order valence-corrected chi connectivity index (χ1v) is 6.18. The molecule has 2 heteroatoms. The smallest absolute Gasteiger partial charge is 0.123 e. The predicted octanol–water partition coefficient (Wildman–Crippen LogP) is 3.37. The molecule has 88 valence electrons. The zero-order valence-electron chi connectivity index (χ0n) is 9.88. The number of nitrogens with two attached hydrogens (primary N) is 1. The molecule has 0 aliphatic heterocycles. The minimum absolute atomic E-state index is 0.114. The minimum atomic E-state index is -0.114. The van der Waals surface area contributed by atoms with Crippen molar-refractivity contribution in [2.45, 2.75) is 38.5 Å². The van der Waals surface area contributed by atoms with E-state index in [0.29, 0.717) is 11.8 Å². The Bertz CT molecular complexity index is 342. The van der Waals surface area contributed by atoms with Crippen LogP contribution in [0.25, 0.3) is 0 Å². The highest BCUT2D eigenvalue weighted by molar-refractivity contribution is 5.27. The summed E-state index contributed by atoms with van der Waals surface area (Å²) in [7, 11) is 0. The van der Waals surface area contributed by atoms with Crippen LogP contribution in [0.3, 0.4) is 0 Å². The third kappa shape index (κ3) is 2.43. The second-order valence-corrected chi connectivity index (χ2v) is 4.95. The molecule has 0 bridgehead atoms. The molecule has 1 aromatic rings. The standard InChI is InChI=1S/C14H20FN/c1-10-6-12(8-13(15)7-10)14-5-3-2-4-11(14)9-16/h6-8,11,14H,2-5,9,16H2,1H3. The van der Waals surface area contributed by atoms with E-state index in [1.807, 2.05) is 6.92 Å². The summed E-state index contributed by atoms with van der Waals surface area (Å²) in [5.74, 6) is 0.888. The lowest BCUT2D eigenvalue weighted by molar-refractivity contribution is 0.313. The van der Waals surface area contributed by atoms with Gasteiger partial charge in [-0.3, -0.25) is 0 Å². The summed E-state index contributed by atoms with van der Waals surface area (Å²) in [5.41, 5.74) is 7.97. The van der Waals surface area contributed by atoms with E-state index in [1.54, 1.807) is 12.1 Å². The molecule has 0 saturated heterocycles. The van der Waals surface area contributed by atoms with E-state index in [-0.39, 0.29) is 5.82 Å². The second-order valence-electron chi connectivity index (χ2n) is 4.95. The van der Waals surface area contributed by atoms with Crippen molar-refractivity contribution in [2.24, 2.45) is 11.7 Å². The fourth-order valence-electron chi connectivity index (χ4n) is 2.91. The maximum atomic E-state index is 13.4. The summed E-state index contributed by atoms with van der Waals surface area (Å²) in [5, 5.41) is 0. The van der Waals surface area contributed by atoms with Crippen molar-refractivity contribution < 1.29 is 4.39 Å². The van der Waals surface area contributed by atoms with Gasteiger partial charge in [0.1, 0.15) is 5.82 Å². The Morgan fingerprint density at radius 2 is 2.00 bits per heavy atom. The average Bonchev–Trinajstić information content (AvgIpc) is 2.27. The van der Waals surface area contributed by atoms with Gasteiger partial charge in [0, 0.05) is 0 Å². The van der Waals surface area contributed by atoms with E-state index in [1.165, 1.54) is 19.3 Å². The molecular formula is C14H20FN. The molecule has 2 unspecified atom stereocenters. The van der Waals surface area contributed by atoms with Gasteiger partial charge in [0.25, 0.3) is 0 Å². The van der Waals surface area contributed by atoms with Crippen molar-refractivity contribution in [3.63, 3.8) is 0 Å². The lowest BCUT2D eigenvalue weighted by Crippen LogP contribution is -2.25. The molecule has 0 heterocycles. The molecule has 16 heavy (non-hydrogen) atoms. The van der Waals surface area contributed by atoms with E-state index in [2.05, 4.69) is 6.07 Å². The van der Waals surface area contributed by atoms with Crippen LogP contribution in [-0.4, -0.2) is 6.54 Å². The highest BCUT2D eigenvalue weighted by Crippen LogP contribution is 2.37. The molecule has 0 aromatic heterocycles. The largest absolute Gasteiger partial charge is 0.330 e. The number of rotatable bonds is 2. The molecule has 1 fully saturated rings. The van der Waals surface area contributed by atoms with Crippen LogP contribution in [0.5, 0.6) is 0 Å². The van der Waals surface area contributed by atoms with E-state index < -0.39 is 0 Å². The van der Waals surface area contributed by atoms with Crippen LogP contribution in [0.15, 0.2) is 18.2 Å². The van der Waals surface area contributed by atoms with Gasteiger partial charge in [-0.25, -0.2) is 4.39 Å². The van der Waals surface area contributed by atoms with Gasteiger partial charge in [-0.2, -0.15) is 0 Å². The third-order valence-electron chi connectivity index (χ3n) is 3.70. The molecule has 1 aliphatic carbocycles. The van der Waals surface area contributed by atoms with Crippen molar-refractivity contribution >= 4 is 0 Å². The third-order valence-corrected chi connectivity index (χ3v) is 3.70. The number of hydrogen-bond donors (Lipinski definition) is 1. The first kappa shape index (κ1) is 11.6. The summed E-state index contributed by atoms with van der Waals surface area (Å²) in [4.78, 5) is 0. The Kier molecular flexibility index (Phi) is 3.59. The van der Waals surface area contributed by atoms with Crippen LogP contribution < -0.4 is 5.73 Å². The van der Waals surface area contributed by atoms with E-state index in [9.17, 15) is 4.39 Å². The Labute approximate surface area is 96.9 Å². The Hall–Kier alpha value is -0.890. The fraction of sp³-hybridized carbons (Fsp3) is 0.571. The highest BCUT2D eigenvalue weighted by atomic mass is 19.1. The van der Waals surface area contributed by atoms with Crippen LogP contribution in [0.1, 0.15) is 42.7 Å². The van der Waals surface area contributed by atoms with Gasteiger partial charge in [-0.05, 0) is 61.4 Å². The molecule has 0 radical (unpaired) electrons. The summed E-state index contributed by atoms with van der Waals surface area (Å²) >= 11 is 0. The topological polar surface area (TPSA) is 26.0 Å². The molecular weight excluding hydrogens is 201 g/mol. The number of benzene rings is 1. The van der Waals surface area contributed by atoms with Gasteiger partial charge in [0.05, 0.1) is 0 Å². The zero-order chi connectivity index (χ0) is 11.5. The SMILES string of the molecule is Cc1cc(F)cc(C2CCCCC2CN)c1. The van der Waals surface area contributed by atoms with Gasteiger partial charge < -0.3 is 5.73 Å². The molecule has 1 aliphatic rings. The summed E-state index contributed by atoms with van der Waals surface area (Å²) in [6, 6.07) is 5.39. The molecule has 1 nitrogen and oxygen atoms in total. The van der Waals surface area contributed by atoms with Gasteiger partial charge in [-0.15, -0.1) is 0 Å². The molecule has 2 atom stereocenters. The van der Waals surface area contributed by atoms with Crippen molar-refractivity contribution in [3.8, 4) is 0 Å². The minimum Gasteiger partial charge on any atom is -0.330 e. The maximum Gasteiger partial charge on any atom is 0.123 e. The van der Waals surface area contributed by atoms with Gasteiger partial charge >= 0.3 is 0 Å². The van der Waals surface area contributed by atoms with Crippen LogP contribution in [0.2, 0.25) is 0 Å². The fourth-order valence-corrected chi connectivity index (χ4v) is 2.91. The van der Waals surface area contributed by atoms with Crippen molar-refractivity contribution in [1.82, 2.24) is 0 Å². The predicted molar refractivity (Wildman–Crippen MR) is 64.9 cm³/mol. The zero-order valence-corrected chi connectivity index (χ0v) is 9.88. The molecule has 0 amide bonds. The Morgan fingerprint density at radius 3 is 2.69 bits per heavy atom. The van der Waals surface area contributed by atoms with Gasteiger partial charge in [0.2, 0.25) is 0 Å². The molecule has 1 saturated carbocycles. The summed E-state index contributed by atoms with van der Waals surface area (Å²) in [6.45, 7) is 2.67. The maximum absolute atomic E-state index is 13.4. The number of hydrogen-bond acceptors (Lipinski definition) is 1. The Morgan fingerprint density at radius 1 is 1.25 bits per heavy atom. The van der Waals surface area contributed by atoms with Crippen LogP contribution in [0.4, 0.5) is 4.39 Å². The lowest BCUT2D eigenvalue weighted by Gasteiger charge is -2.31. The van der Waals surface area contributed by atoms with Crippen molar-refractivity contribution in [1.29, 1.82) is 0 Å². The van der Waals surface area contributed by atoms with Crippen LogP contribution in [-0.2, 0) is 0 Å². The number of halogens is 1. The first-order valence-electron chi connectivity index (χ1n) is 6.18. The van der Waals surface area contributed by atoms with Crippen LogP contribution in [0, 0.1) is 18.7 Å². The van der Waals surface area contributed by atoms with E-state index in [0.717, 1.165) is 24.1 Å². The quantitative estimate of drug-likeness (QED) is 0.814. The lowest BCUT2D eigenvalue weighted by atomic mass is 9.75. The normalized spacial score (nSPS) is 25.7. The monoisotopic (exact) mass is 221 g/mol. The van der Waals surface area contributed by atoms with Gasteiger partial charge in [-0.1, -0.05) is 18.9 Å². The first-order chi connectivity index (χ1) is 7.70. The highest BCUT2D eigenvalue weighted by Gasteiger charge is 2.25. The second kappa shape index (κ2) is 4.96. The molecule has 0 spiro atoms.